The summed E-state index contributed by atoms with van der Waals surface area (Å²) in [6.07, 6.45) is 0. The molecule has 0 amide bonds. The van der Waals surface area contributed by atoms with Crippen LogP contribution in [0.4, 0.5) is 5.69 Å². The molecule has 2 aromatic rings. The van der Waals surface area contributed by atoms with Gasteiger partial charge in [-0.15, -0.1) is 11.3 Å². The van der Waals surface area contributed by atoms with E-state index in [-0.39, 0.29) is 4.21 Å². The molecule has 0 bridgehead atoms. The van der Waals surface area contributed by atoms with Crippen LogP contribution in [0.5, 0.6) is 0 Å². The zero-order valence-corrected chi connectivity index (χ0v) is 15.9. The Bertz CT molecular complexity index is 786. The normalized spacial score (nSPS) is 11.1. The number of nitrogens with one attached hydrogen (secondary N) is 1. The summed E-state index contributed by atoms with van der Waals surface area (Å²) in [7, 11) is -3.72. The molecule has 0 atom stereocenters. The van der Waals surface area contributed by atoms with Crippen LogP contribution in [0.15, 0.2) is 41.9 Å². The summed E-state index contributed by atoms with van der Waals surface area (Å²) < 4.78 is 29.1. The minimum Gasteiger partial charge on any atom is -0.277 e. The number of rotatable bonds is 3. The van der Waals surface area contributed by atoms with Gasteiger partial charge in [0, 0.05) is 13.4 Å². The van der Waals surface area contributed by atoms with Crippen LogP contribution in [0.25, 0.3) is 0 Å². The molecule has 1 heterocycles. The molecule has 104 valence electrons. The molecule has 1 aromatic heterocycles. The van der Waals surface area contributed by atoms with Crippen LogP contribution in [-0.4, -0.2) is 8.42 Å². The summed E-state index contributed by atoms with van der Waals surface area (Å²) in [5, 5.41) is 8.75. The van der Waals surface area contributed by atoms with Crippen molar-refractivity contribution in [1.82, 2.24) is 0 Å². The van der Waals surface area contributed by atoms with Gasteiger partial charge in [0.1, 0.15) is 15.2 Å². The molecule has 0 aliphatic carbocycles. The van der Waals surface area contributed by atoms with Crippen molar-refractivity contribution in [2.24, 2.45) is 0 Å². The van der Waals surface area contributed by atoms with Gasteiger partial charge in [0.25, 0.3) is 10.0 Å². The summed E-state index contributed by atoms with van der Waals surface area (Å²) in [6.45, 7) is 0. The van der Waals surface area contributed by atoms with E-state index in [2.05, 4.69) is 52.5 Å². The Morgan fingerprint density at radius 2 is 1.75 bits per heavy atom. The Balaban J connectivity index is 2.41. The lowest BCUT2D eigenvalue weighted by Gasteiger charge is -2.11. The first-order valence-electron chi connectivity index (χ1n) is 5.01. The summed E-state index contributed by atoms with van der Waals surface area (Å²) >= 11 is 10.8. The molecule has 1 N–H and O–H groups in total. The highest BCUT2D eigenvalue weighted by molar-refractivity contribution is 9.11. The number of benzene rings is 1. The van der Waals surface area contributed by atoms with E-state index in [1.807, 2.05) is 6.07 Å². The highest BCUT2D eigenvalue weighted by atomic mass is 79.9. The van der Waals surface area contributed by atoms with E-state index in [0.29, 0.717) is 19.5 Å². The van der Waals surface area contributed by atoms with E-state index >= 15 is 0 Å². The van der Waals surface area contributed by atoms with Gasteiger partial charge in [-0.2, -0.15) is 5.26 Å². The van der Waals surface area contributed by atoms with Crippen LogP contribution in [-0.2, 0) is 10.0 Å². The molecule has 0 radical (unpaired) electrons. The number of thiophene rings is 1. The third-order valence-corrected chi connectivity index (χ3v) is 6.74. The lowest BCUT2D eigenvalue weighted by molar-refractivity contribution is 0.603. The maximum atomic E-state index is 12.3. The average Bonchev–Trinajstić information content (AvgIpc) is 2.83. The summed E-state index contributed by atoms with van der Waals surface area (Å²) in [5.74, 6) is 0. The zero-order valence-electron chi connectivity index (χ0n) is 9.52. The van der Waals surface area contributed by atoms with E-state index in [9.17, 15) is 8.42 Å². The molecular weight excluding hydrogens is 496 g/mol. The van der Waals surface area contributed by atoms with Gasteiger partial charge >= 0.3 is 0 Å². The zero-order chi connectivity index (χ0) is 14.9. The van der Waals surface area contributed by atoms with E-state index in [1.54, 1.807) is 12.1 Å². The predicted octanol–water partition coefficient (Wildman–Crippen LogP) is 4.71. The second-order valence-electron chi connectivity index (χ2n) is 3.58. The first-order chi connectivity index (χ1) is 9.33. The van der Waals surface area contributed by atoms with Gasteiger partial charge in [-0.1, -0.05) is 15.9 Å². The van der Waals surface area contributed by atoms with Crippen LogP contribution in [0.2, 0.25) is 0 Å². The second kappa shape index (κ2) is 6.15. The molecule has 2 rings (SSSR count). The number of hydrogen-bond acceptors (Lipinski definition) is 4. The first kappa shape index (κ1) is 16.0. The smallest absolute Gasteiger partial charge is 0.271 e. The summed E-state index contributed by atoms with van der Waals surface area (Å²) in [6, 6.07) is 8.27. The lowest BCUT2D eigenvalue weighted by atomic mass is 10.3. The predicted molar refractivity (Wildman–Crippen MR) is 89.4 cm³/mol. The van der Waals surface area contributed by atoms with Crippen molar-refractivity contribution in [2.75, 3.05) is 4.72 Å². The number of nitriles is 1. The molecule has 0 unspecified atom stereocenters. The topological polar surface area (TPSA) is 70.0 Å². The maximum Gasteiger partial charge on any atom is 0.271 e. The van der Waals surface area contributed by atoms with Crippen LogP contribution in [0, 0.1) is 11.3 Å². The molecule has 0 aliphatic heterocycles. The second-order valence-corrected chi connectivity index (χ2v) is 9.20. The maximum absolute atomic E-state index is 12.3. The Kier molecular flexibility index (Phi) is 4.92. The van der Waals surface area contributed by atoms with Crippen LogP contribution < -0.4 is 4.72 Å². The fraction of sp³-hybridized carbons (Fsp3) is 0. The molecule has 4 nitrogen and oxygen atoms in total. The minimum absolute atomic E-state index is 0.0933. The van der Waals surface area contributed by atoms with Crippen molar-refractivity contribution < 1.29 is 8.42 Å². The molecule has 1 aromatic carbocycles. The van der Waals surface area contributed by atoms with Crippen molar-refractivity contribution in [2.45, 2.75) is 4.21 Å². The third kappa shape index (κ3) is 3.43. The highest BCUT2D eigenvalue weighted by Gasteiger charge is 2.20. The van der Waals surface area contributed by atoms with E-state index < -0.39 is 10.0 Å². The summed E-state index contributed by atoms with van der Waals surface area (Å²) in [5.41, 5.74) is 0.403. The van der Waals surface area contributed by atoms with E-state index in [1.165, 1.54) is 12.1 Å². The van der Waals surface area contributed by atoms with Crippen molar-refractivity contribution >= 4 is 74.8 Å². The molecule has 0 fully saturated rings. The van der Waals surface area contributed by atoms with Crippen molar-refractivity contribution in [3.05, 3.63) is 42.6 Å². The summed E-state index contributed by atoms with van der Waals surface area (Å²) in [4.78, 5) is 0.347. The van der Waals surface area contributed by atoms with Gasteiger partial charge in [-0.25, -0.2) is 8.42 Å². The lowest BCUT2D eigenvalue weighted by Crippen LogP contribution is -2.12. The van der Waals surface area contributed by atoms with Crippen molar-refractivity contribution in [3.63, 3.8) is 0 Å². The van der Waals surface area contributed by atoms with Crippen molar-refractivity contribution in [3.8, 4) is 6.07 Å². The van der Waals surface area contributed by atoms with Gasteiger partial charge in [0.15, 0.2) is 0 Å². The van der Waals surface area contributed by atoms with E-state index in [4.69, 9.17) is 5.26 Å². The van der Waals surface area contributed by atoms with Crippen molar-refractivity contribution in [1.29, 1.82) is 5.26 Å². The van der Waals surface area contributed by atoms with Crippen LogP contribution in [0.1, 0.15) is 4.88 Å². The van der Waals surface area contributed by atoms with Gasteiger partial charge in [-0.05, 0) is 56.1 Å². The number of halogens is 3. The Morgan fingerprint density at radius 3 is 2.25 bits per heavy atom. The molecule has 20 heavy (non-hydrogen) atoms. The molecule has 0 spiro atoms. The SMILES string of the molecule is N#Cc1ccc(S(=O)(=O)Nc2c(Br)cc(Br)cc2Br)s1. The molecule has 0 aliphatic rings. The fourth-order valence-electron chi connectivity index (χ4n) is 1.35. The quantitative estimate of drug-likeness (QED) is 0.663. The van der Waals surface area contributed by atoms with E-state index in [0.717, 1.165) is 15.8 Å². The molecule has 9 heteroatoms. The Hall–Kier alpha value is -0.400. The number of nitrogens with zero attached hydrogens (tertiary/aromatic N) is 1. The van der Waals surface area contributed by atoms with Gasteiger partial charge < -0.3 is 0 Å². The highest BCUT2D eigenvalue weighted by Crippen LogP contribution is 2.36. The first-order valence-corrected chi connectivity index (χ1v) is 9.68. The fourth-order valence-corrected chi connectivity index (χ4v) is 6.27. The Morgan fingerprint density at radius 1 is 1.15 bits per heavy atom. The number of sulfonamides is 1. The molecule has 0 saturated heterocycles. The minimum atomic E-state index is -3.72. The average molecular weight is 501 g/mol. The van der Waals surface area contributed by atoms with Gasteiger partial charge in [-0.3, -0.25) is 4.72 Å². The standard InChI is InChI=1S/C11H5Br3N2O2S2/c12-6-3-8(13)11(9(14)4-6)16-20(17,18)10-2-1-7(5-15)19-10/h1-4,16H. The van der Waals surface area contributed by atoms with Gasteiger partial charge in [0.2, 0.25) is 0 Å². The van der Waals surface area contributed by atoms with Crippen LogP contribution in [0.3, 0.4) is 0 Å². The van der Waals surface area contributed by atoms with Crippen LogP contribution >= 0.6 is 59.1 Å². The number of hydrogen-bond donors (Lipinski definition) is 1. The Labute approximate surface area is 145 Å². The monoisotopic (exact) mass is 498 g/mol. The van der Waals surface area contributed by atoms with Gasteiger partial charge in [0.05, 0.1) is 5.69 Å². The molecule has 0 saturated carbocycles. The number of anilines is 1. The third-order valence-electron chi connectivity index (χ3n) is 2.20. The molecular formula is C11H5Br3N2O2S2. The largest absolute Gasteiger partial charge is 0.277 e.